The molecule has 0 radical (unpaired) electrons. The molecule has 0 saturated carbocycles. The molecule has 0 fully saturated rings. The van der Waals surface area contributed by atoms with Gasteiger partial charge in [0.25, 0.3) is 0 Å². The maximum Gasteiger partial charge on any atom is -0.00917 e. The minimum Gasteiger partial charge on any atom is -0.0772 e. The van der Waals surface area contributed by atoms with Crippen LogP contribution in [0.1, 0.15) is 26.3 Å². The summed E-state index contributed by atoms with van der Waals surface area (Å²) >= 11 is 0. The third-order valence-corrected chi connectivity index (χ3v) is 2.02. The first kappa shape index (κ1) is 10.8. The lowest BCUT2D eigenvalue weighted by Crippen LogP contribution is -1.80. The highest BCUT2D eigenvalue weighted by Crippen LogP contribution is 2.05. The van der Waals surface area contributed by atoms with Gasteiger partial charge < -0.3 is 0 Å². The molecule has 1 aromatic carbocycles. The zero-order chi connectivity index (χ0) is 10.4. The molecule has 0 aromatic heterocycles. The molecular weight excluding hydrogens is 168 g/mol. The molecule has 0 nitrogen and oxygen atoms in total. The molecule has 0 heteroatoms. The van der Waals surface area contributed by atoms with E-state index in [2.05, 4.69) is 63.3 Å². The Kier molecular flexibility index (Phi) is 4.18. The number of benzene rings is 1. The quantitative estimate of drug-likeness (QED) is 0.622. The van der Waals surface area contributed by atoms with Gasteiger partial charge in [0.1, 0.15) is 0 Å². The summed E-state index contributed by atoms with van der Waals surface area (Å²) in [5, 5.41) is 0. The normalized spacial score (nSPS) is 11.2. The molecule has 0 bridgehead atoms. The maximum absolute atomic E-state index is 2.27. The van der Waals surface area contributed by atoms with Gasteiger partial charge in [-0.05, 0) is 32.8 Å². The second kappa shape index (κ2) is 5.43. The van der Waals surface area contributed by atoms with Gasteiger partial charge in [-0.1, -0.05) is 53.6 Å². The minimum atomic E-state index is 1.02. The van der Waals surface area contributed by atoms with Crippen molar-refractivity contribution in [2.24, 2.45) is 0 Å². The third kappa shape index (κ3) is 4.08. The highest BCUT2D eigenvalue weighted by Gasteiger charge is 1.88. The van der Waals surface area contributed by atoms with E-state index < -0.39 is 0 Å². The van der Waals surface area contributed by atoms with Gasteiger partial charge in [0, 0.05) is 0 Å². The Morgan fingerprint density at radius 3 is 2.29 bits per heavy atom. The Hall–Kier alpha value is -1.30. The highest BCUT2D eigenvalue weighted by molar-refractivity contribution is 5.24. The average Bonchev–Trinajstić information content (AvgIpc) is 2.15. The molecule has 0 amide bonds. The molecule has 1 aromatic rings. The van der Waals surface area contributed by atoms with Crippen molar-refractivity contribution in [3.8, 4) is 0 Å². The van der Waals surface area contributed by atoms with Gasteiger partial charge in [-0.3, -0.25) is 0 Å². The number of allylic oxidation sites excluding steroid dienone is 4. The summed E-state index contributed by atoms with van der Waals surface area (Å²) < 4.78 is 0. The van der Waals surface area contributed by atoms with E-state index in [1.165, 1.54) is 16.7 Å². The van der Waals surface area contributed by atoms with Gasteiger partial charge in [-0.15, -0.1) is 0 Å². The van der Waals surface area contributed by atoms with Gasteiger partial charge in [0.05, 0.1) is 0 Å². The van der Waals surface area contributed by atoms with E-state index in [0.29, 0.717) is 0 Å². The summed E-state index contributed by atoms with van der Waals surface area (Å²) in [6.45, 7) is 6.40. The third-order valence-electron chi connectivity index (χ3n) is 2.02. The summed E-state index contributed by atoms with van der Waals surface area (Å²) in [5.74, 6) is 0. The molecule has 0 saturated heterocycles. The van der Waals surface area contributed by atoms with Crippen LogP contribution in [0.5, 0.6) is 0 Å². The number of rotatable bonds is 3. The summed E-state index contributed by atoms with van der Waals surface area (Å²) in [5.41, 5.74) is 4.06. The second-order valence-corrected chi connectivity index (χ2v) is 3.86. The fraction of sp³-hybridized carbons (Fsp3) is 0.286. The first-order valence-electron chi connectivity index (χ1n) is 5.04. The van der Waals surface area contributed by atoms with E-state index >= 15 is 0 Å². The van der Waals surface area contributed by atoms with Crippen molar-refractivity contribution in [3.63, 3.8) is 0 Å². The van der Waals surface area contributed by atoms with Gasteiger partial charge in [0.2, 0.25) is 0 Å². The molecule has 74 valence electrons. The lowest BCUT2D eigenvalue weighted by molar-refractivity contribution is 1.23. The molecule has 0 aliphatic carbocycles. The highest BCUT2D eigenvalue weighted by atomic mass is 13.9. The van der Waals surface area contributed by atoms with Crippen LogP contribution in [0.15, 0.2) is 53.6 Å². The van der Waals surface area contributed by atoms with Crippen molar-refractivity contribution >= 4 is 0 Å². The van der Waals surface area contributed by atoms with Crippen molar-refractivity contribution in [2.45, 2.75) is 27.2 Å². The Morgan fingerprint density at radius 2 is 1.71 bits per heavy atom. The van der Waals surface area contributed by atoms with Crippen LogP contribution in [0, 0.1) is 0 Å². The first-order chi connectivity index (χ1) is 6.68. The monoisotopic (exact) mass is 186 g/mol. The van der Waals surface area contributed by atoms with E-state index in [4.69, 9.17) is 0 Å². The van der Waals surface area contributed by atoms with E-state index in [9.17, 15) is 0 Å². The lowest BCUT2D eigenvalue weighted by Gasteiger charge is -1.97. The number of hydrogen-bond acceptors (Lipinski definition) is 0. The van der Waals surface area contributed by atoms with E-state index in [-0.39, 0.29) is 0 Å². The van der Waals surface area contributed by atoms with Gasteiger partial charge >= 0.3 is 0 Å². The maximum atomic E-state index is 2.27. The lowest BCUT2D eigenvalue weighted by atomic mass is 10.1. The average molecular weight is 186 g/mol. The topological polar surface area (TPSA) is 0 Å². The largest absolute Gasteiger partial charge is 0.0772 e. The predicted octanol–water partition coefficient (Wildman–Crippen LogP) is 4.14. The van der Waals surface area contributed by atoms with Crippen molar-refractivity contribution in [1.82, 2.24) is 0 Å². The summed E-state index contributed by atoms with van der Waals surface area (Å²) in [6.07, 6.45) is 5.50. The summed E-state index contributed by atoms with van der Waals surface area (Å²) in [7, 11) is 0. The predicted molar refractivity (Wildman–Crippen MR) is 63.3 cm³/mol. The fourth-order valence-electron chi connectivity index (χ4n) is 1.41. The first-order valence-corrected chi connectivity index (χ1v) is 5.04. The van der Waals surface area contributed by atoms with E-state index in [1.54, 1.807) is 0 Å². The standard InChI is InChI=1S/C14H18/c1-12(2)11-13(3)9-10-14-7-5-4-6-8-14/h4-9,11H,10H2,1-3H3/b13-9-. The number of hydrogen-bond donors (Lipinski definition) is 0. The summed E-state index contributed by atoms with van der Waals surface area (Å²) in [6, 6.07) is 10.5. The second-order valence-electron chi connectivity index (χ2n) is 3.86. The molecule has 0 aliphatic heterocycles. The zero-order valence-corrected chi connectivity index (χ0v) is 9.25. The molecule has 0 unspecified atom stereocenters. The van der Waals surface area contributed by atoms with Crippen molar-refractivity contribution in [1.29, 1.82) is 0 Å². The smallest absolute Gasteiger partial charge is 0.00917 e. The zero-order valence-electron chi connectivity index (χ0n) is 9.25. The Morgan fingerprint density at radius 1 is 1.07 bits per heavy atom. The van der Waals surface area contributed by atoms with Crippen LogP contribution in [0.25, 0.3) is 0 Å². The molecule has 14 heavy (non-hydrogen) atoms. The van der Waals surface area contributed by atoms with Crippen LogP contribution in [0.3, 0.4) is 0 Å². The van der Waals surface area contributed by atoms with E-state index in [1.807, 2.05) is 0 Å². The van der Waals surface area contributed by atoms with Crippen LogP contribution in [0.2, 0.25) is 0 Å². The van der Waals surface area contributed by atoms with Crippen LogP contribution >= 0.6 is 0 Å². The Labute approximate surface area is 87.0 Å². The van der Waals surface area contributed by atoms with Gasteiger partial charge in [-0.2, -0.15) is 0 Å². The molecule has 0 atom stereocenters. The molecular formula is C14H18. The van der Waals surface area contributed by atoms with Crippen molar-refractivity contribution in [2.75, 3.05) is 0 Å². The SMILES string of the molecule is CC(C)=C/C(C)=C\Cc1ccccc1. The van der Waals surface area contributed by atoms with Crippen LogP contribution in [-0.2, 0) is 6.42 Å². The molecule has 0 N–H and O–H groups in total. The fourth-order valence-corrected chi connectivity index (χ4v) is 1.41. The van der Waals surface area contributed by atoms with Gasteiger partial charge in [0.15, 0.2) is 0 Å². The molecule has 0 spiro atoms. The van der Waals surface area contributed by atoms with Crippen LogP contribution < -0.4 is 0 Å². The van der Waals surface area contributed by atoms with E-state index in [0.717, 1.165) is 6.42 Å². The molecule has 0 aliphatic rings. The molecule has 0 heterocycles. The summed E-state index contributed by atoms with van der Waals surface area (Å²) in [4.78, 5) is 0. The van der Waals surface area contributed by atoms with Crippen molar-refractivity contribution < 1.29 is 0 Å². The van der Waals surface area contributed by atoms with Crippen LogP contribution in [-0.4, -0.2) is 0 Å². The van der Waals surface area contributed by atoms with Crippen molar-refractivity contribution in [3.05, 3.63) is 59.2 Å². The van der Waals surface area contributed by atoms with Crippen LogP contribution in [0.4, 0.5) is 0 Å². The van der Waals surface area contributed by atoms with Gasteiger partial charge in [-0.25, -0.2) is 0 Å². The Balaban J connectivity index is 2.60. The minimum absolute atomic E-state index is 1.02. The Bertz CT molecular complexity index is 324. The molecule has 1 rings (SSSR count).